The summed E-state index contributed by atoms with van der Waals surface area (Å²) in [6, 6.07) is 7.99. The van der Waals surface area contributed by atoms with Crippen LogP contribution in [-0.4, -0.2) is 24.4 Å². The number of rotatable bonds is 4. The summed E-state index contributed by atoms with van der Waals surface area (Å²) < 4.78 is 5.82. The molecule has 4 nitrogen and oxygen atoms in total. The van der Waals surface area contributed by atoms with Gasteiger partial charge in [0, 0.05) is 13.6 Å². The molecule has 2 aromatic rings. The molecule has 0 spiro atoms. The molecular formula is C11H13N3OS2. The van der Waals surface area contributed by atoms with Crippen LogP contribution in [0.4, 0.5) is 5.13 Å². The summed E-state index contributed by atoms with van der Waals surface area (Å²) >= 11 is 6.48. The van der Waals surface area contributed by atoms with E-state index in [1.807, 2.05) is 31.3 Å². The highest BCUT2D eigenvalue weighted by Crippen LogP contribution is 2.19. The Balaban J connectivity index is 2.07. The van der Waals surface area contributed by atoms with E-state index in [0.29, 0.717) is 3.95 Å². The Hall–Kier alpha value is -1.40. The summed E-state index contributed by atoms with van der Waals surface area (Å²) in [6.07, 6.45) is 0. The van der Waals surface area contributed by atoms with Crippen molar-refractivity contribution in [3.8, 4) is 5.75 Å². The van der Waals surface area contributed by atoms with Crippen molar-refractivity contribution >= 4 is 28.7 Å². The van der Waals surface area contributed by atoms with E-state index in [0.717, 1.165) is 17.4 Å². The number of ether oxygens (including phenoxy) is 1. The van der Waals surface area contributed by atoms with Gasteiger partial charge in [0.1, 0.15) is 5.75 Å². The van der Waals surface area contributed by atoms with E-state index in [9.17, 15) is 0 Å². The number of hydrogen-bond donors (Lipinski definition) is 1. The number of nitrogens with one attached hydrogen (secondary N) is 1. The van der Waals surface area contributed by atoms with Crippen LogP contribution < -0.4 is 9.64 Å². The predicted octanol–water partition coefficient (Wildman–Crippen LogP) is 2.85. The lowest BCUT2D eigenvalue weighted by atomic mass is 10.2. The number of benzene rings is 1. The molecule has 90 valence electrons. The van der Waals surface area contributed by atoms with Gasteiger partial charge in [-0.3, -0.25) is 5.10 Å². The highest BCUT2D eigenvalue weighted by molar-refractivity contribution is 7.73. The average Bonchev–Trinajstić information content (AvgIpc) is 2.77. The Kier molecular flexibility index (Phi) is 3.75. The summed E-state index contributed by atoms with van der Waals surface area (Å²) in [4.78, 5) is 2.05. The zero-order chi connectivity index (χ0) is 12.3. The van der Waals surface area contributed by atoms with Gasteiger partial charge in [-0.25, -0.2) is 0 Å². The van der Waals surface area contributed by atoms with Crippen molar-refractivity contribution < 1.29 is 4.74 Å². The van der Waals surface area contributed by atoms with Gasteiger partial charge in [0.25, 0.3) is 0 Å². The number of hydrogen-bond acceptors (Lipinski definition) is 5. The second-order valence-corrected chi connectivity index (χ2v) is 5.24. The molecule has 0 amide bonds. The molecule has 0 saturated carbocycles. The molecule has 2 rings (SSSR count). The molecule has 1 aromatic carbocycles. The molecule has 6 heteroatoms. The third kappa shape index (κ3) is 3.04. The van der Waals surface area contributed by atoms with Crippen molar-refractivity contribution in [2.75, 3.05) is 19.1 Å². The van der Waals surface area contributed by atoms with E-state index in [1.165, 1.54) is 16.9 Å². The molecule has 0 aliphatic carbocycles. The number of anilines is 1. The van der Waals surface area contributed by atoms with Crippen LogP contribution in [0.15, 0.2) is 24.3 Å². The van der Waals surface area contributed by atoms with Crippen LogP contribution >= 0.6 is 23.6 Å². The summed E-state index contributed by atoms with van der Waals surface area (Å²) in [5.74, 6) is 0.867. The van der Waals surface area contributed by atoms with Crippen LogP contribution in [-0.2, 0) is 6.54 Å². The van der Waals surface area contributed by atoms with Crippen molar-refractivity contribution in [2.45, 2.75) is 6.54 Å². The van der Waals surface area contributed by atoms with E-state index < -0.39 is 0 Å². The van der Waals surface area contributed by atoms with Crippen LogP contribution in [0.3, 0.4) is 0 Å². The minimum absolute atomic E-state index is 0.696. The summed E-state index contributed by atoms with van der Waals surface area (Å²) in [6.45, 7) is 0.792. The maximum atomic E-state index is 5.12. The first kappa shape index (κ1) is 12.1. The predicted molar refractivity (Wildman–Crippen MR) is 72.4 cm³/mol. The first-order valence-corrected chi connectivity index (χ1v) is 6.31. The van der Waals surface area contributed by atoms with E-state index in [-0.39, 0.29) is 0 Å². The standard InChI is InChI=1S/C11H13N3OS2/c1-14(10-12-13-11(16)17-10)7-8-3-5-9(15-2)6-4-8/h3-6H,7H2,1-2H3,(H,13,16). The van der Waals surface area contributed by atoms with E-state index >= 15 is 0 Å². The molecule has 1 N–H and O–H groups in total. The lowest BCUT2D eigenvalue weighted by molar-refractivity contribution is 0.414. The quantitative estimate of drug-likeness (QED) is 0.865. The molecular weight excluding hydrogens is 254 g/mol. The first-order valence-electron chi connectivity index (χ1n) is 5.08. The summed E-state index contributed by atoms with van der Waals surface area (Å²) in [5, 5.41) is 7.81. The van der Waals surface area contributed by atoms with Gasteiger partial charge in [-0.05, 0) is 29.9 Å². The topological polar surface area (TPSA) is 41.1 Å². The van der Waals surface area contributed by atoms with Gasteiger partial charge >= 0.3 is 0 Å². The smallest absolute Gasteiger partial charge is 0.206 e. The molecule has 0 saturated heterocycles. The third-order valence-electron chi connectivity index (χ3n) is 2.33. The van der Waals surface area contributed by atoms with Gasteiger partial charge in [-0.2, -0.15) is 0 Å². The monoisotopic (exact) mass is 267 g/mol. The maximum Gasteiger partial charge on any atom is 0.206 e. The lowest BCUT2D eigenvalue weighted by Crippen LogP contribution is -2.15. The summed E-state index contributed by atoms with van der Waals surface area (Å²) in [5.41, 5.74) is 1.20. The van der Waals surface area contributed by atoms with Crippen molar-refractivity contribution in [3.05, 3.63) is 33.8 Å². The van der Waals surface area contributed by atoms with Gasteiger partial charge in [-0.1, -0.05) is 23.5 Å². The van der Waals surface area contributed by atoms with Gasteiger partial charge in [0.15, 0.2) is 3.95 Å². The van der Waals surface area contributed by atoms with Crippen LogP contribution in [0.2, 0.25) is 0 Å². The van der Waals surface area contributed by atoms with E-state index in [2.05, 4.69) is 15.1 Å². The molecule has 0 radical (unpaired) electrons. The number of nitrogens with zero attached hydrogens (tertiary/aromatic N) is 2. The van der Waals surface area contributed by atoms with Crippen molar-refractivity contribution in [3.63, 3.8) is 0 Å². The van der Waals surface area contributed by atoms with E-state index in [4.69, 9.17) is 17.0 Å². The zero-order valence-electron chi connectivity index (χ0n) is 9.64. The Morgan fingerprint density at radius 1 is 1.41 bits per heavy atom. The molecule has 0 atom stereocenters. The number of aromatic nitrogens is 2. The largest absolute Gasteiger partial charge is 0.497 e. The van der Waals surface area contributed by atoms with Crippen molar-refractivity contribution in [1.82, 2.24) is 10.2 Å². The van der Waals surface area contributed by atoms with Gasteiger partial charge in [-0.15, -0.1) is 5.10 Å². The zero-order valence-corrected chi connectivity index (χ0v) is 11.3. The molecule has 0 bridgehead atoms. The minimum Gasteiger partial charge on any atom is -0.497 e. The fraction of sp³-hybridized carbons (Fsp3) is 0.273. The lowest BCUT2D eigenvalue weighted by Gasteiger charge is -2.15. The van der Waals surface area contributed by atoms with Crippen LogP contribution in [0.5, 0.6) is 5.75 Å². The second-order valence-electron chi connectivity index (χ2n) is 3.60. The van der Waals surface area contributed by atoms with Crippen LogP contribution in [0, 0.1) is 3.95 Å². The normalized spacial score (nSPS) is 10.2. The fourth-order valence-electron chi connectivity index (χ4n) is 1.46. The molecule has 0 aliphatic heterocycles. The Morgan fingerprint density at radius 2 is 2.12 bits per heavy atom. The highest BCUT2D eigenvalue weighted by Gasteiger charge is 2.05. The number of methoxy groups -OCH3 is 1. The Morgan fingerprint density at radius 3 is 2.65 bits per heavy atom. The van der Waals surface area contributed by atoms with Crippen molar-refractivity contribution in [2.24, 2.45) is 0 Å². The van der Waals surface area contributed by atoms with Crippen LogP contribution in [0.1, 0.15) is 5.56 Å². The van der Waals surface area contributed by atoms with Gasteiger partial charge in [0.05, 0.1) is 7.11 Å². The number of aromatic amines is 1. The molecule has 17 heavy (non-hydrogen) atoms. The Labute approximate surface area is 109 Å². The maximum absolute atomic E-state index is 5.12. The SMILES string of the molecule is COc1ccc(CN(C)c2n[nH]c(=S)s2)cc1. The average molecular weight is 267 g/mol. The number of H-pyrrole nitrogens is 1. The molecule has 0 unspecified atom stereocenters. The third-order valence-corrected chi connectivity index (χ3v) is 3.54. The second kappa shape index (κ2) is 5.29. The fourth-order valence-corrected chi connectivity index (χ4v) is 2.30. The van der Waals surface area contributed by atoms with E-state index in [1.54, 1.807) is 7.11 Å². The van der Waals surface area contributed by atoms with Crippen molar-refractivity contribution in [1.29, 1.82) is 0 Å². The van der Waals surface area contributed by atoms with Gasteiger partial charge < -0.3 is 9.64 Å². The molecule has 1 aromatic heterocycles. The van der Waals surface area contributed by atoms with Crippen LogP contribution in [0.25, 0.3) is 0 Å². The highest BCUT2D eigenvalue weighted by atomic mass is 32.1. The Bertz CT molecular complexity index is 532. The molecule has 0 fully saturated rings. The first-order chi connectivity index (χ1) is 8.19. The molecule has 0 aliphatic rings. The minimum atomic E-state index is 0.696. The summed E-state index contributed by atoms with van der Waals surface area (Å²) in [7, 11) is 3.66. The van der Waals surface area contributed by atoms with Gasteiger partial charge in [0.2, 0.25) is 5.13 Å². The molecule has 1 heterocycles.